The molecule has 2 nitrogen and oxygen atoms in total. The number of rotatable bonds is 2. The molecule has 0 saturated carbocycles. The Labute approximate surface area is 64.5 Å². The third-order valence-corrected chi connectivity index (χ3v) is 1.48. The van der Waals surface area contributed by atoms with Crippen molar-refractivity contribution in [2.75, 3.05) is 0 Å². The van der Waals surface area contributed by atoms with Crippen LogP contribution in [0.5, 0.6) is 0 Å². The van der Waals surface area contributed by atoms with E-state index in [1.807, 2.05) is 6.07 Å². The molecule has 0 aliphatic rings. The van der Waals surface area contributed by atoms with Gasteiger partial charge in [-0.05, 0) is 11.6 Å². The Morgan fingerprint density at radius 1 is 1.50 bits per heavy atom. The molecule has 1 rings (SSSR count). The predicted molar refractivity (Wildman–Crippen MR) is 39.7 cm³/mol. The third-order valence-electron chi connectivity index (χ3n) is 1.21. The molecule has 1 heterocycles. The van der Waals surface area contributed by atoms with E-state index < -0.39 is 0 Å². The number of aliphatic hydroxyl groups excluding tert-OH is 1. The molecule has 0 radical (unpaired) electrons. The molecule has 0 amide bonds. The van der Waals surface area contributed by atoms with E-state index >= 15 is 0 Å². The van der Waals surface area contributed by atoms with Crippen molar-refractivity contribution >= 4 is 11.6 Å². The van der Waals surface area contributed by atoms with Gasteiger partial charge in [-0.1, -0.05) is 6.07 Å². The lowest BCUT2D eigenvalue weighted by molar-refractivity contribution is 0.281. The topological polar surface area (TPSA) is 33.1 Å². The minimum absolute atomic E-state index is 0.0373. The summed E-state index contributed by atoms with van der Waals surface area (Å²) in [5, 5.41) is 8.63. The largest absolute Gasteiger partial charge is 0.392 e. The summed E-state index contributed by atoms with van der Waals surface area (Å²) in [5.41, 5.74) is 1.65. The maximum Gasteiger partial charge on any atom is 0.0696 e. The molecule has 3 heteroatoms. The minimum atomic E-state index is 0.0373. The van der Waals surface area contributed by atoms with Crippen LogP contribution in [0.3, 0.4) is 0 Å². The molecule has 0 saturated heterocycles. The second-order valence-corrected chi connectivity index (χ2v) is 2.22. The molecule has 1 aromatic heterocycles. The fourth-order valence-electron chi connectivity index (χ4n) is 0.628. The fraction of sp³-hybridized carbons (Fsp3) is 0.286. The van der Waals surface area contributed by atoms with E-state index in [2.05, 4.69) is 4.98 Å². The maximum absolute atomic E-state index is 8.63. The monoisotopic (exact) mass is 157 g/mol. The number of hydrogen-bond acceptors (Lipinski definition) is 2. The molecule has 1 aromatic rings. The van der Waals surface area contributed by atoms with Gasteiger partial charge >= 0.3 is 0 Å². The van der Waals surface area contributed by atoms with E-state index in [9.17, 15) is 0 Å². The quantitative estimate of drug-likeness (QED) is 0.657. The summed E-state index contributed by atoms with van der Waals surface area (Å²) in [6.07, 6.45) is 1.62. The lowest BCUT2D eigenvalue weighted by Crippen LogP contribution is -1.88. The molecule has 0 bridgehead atoms. The van der Waals surface area contributed by atoms with Gasteiger partial charge in [0.05, 0.1) is 18.2 Å². The molecule has 10 heavy (non-hydrogen) atoms. The molecule has 0 spiro atoms. The molecule has 0 unspecified atom stereocenters. The van der Waals surface area contributed by atoms with Crippen molar-refractivity contribution < 1.29 is 5.11 Å². The first-order chi connectivity index (χ1) is 4.86. The van der Waals surface area contributed by atoms with Gasteiger partial charge in [0, 0.05) is 6.20 Å². The summed E-state index contributed by atoms with van der Waals surface area (Å²) >= 11 is 5.50. The van der Waals surface area contributed by atoms with Crippen molar-refractivity contribution in [2.45, 2.75) is 12.5 Å². The molecule has 0 aliphatic heterocycles. The SMILES string of the molecule is OCc1ccc(CCl)nc1. The molecule has 0 aromatic carbocycles. The third kappa shape index (κ3) is 1.69. The highest BCUT2D eigenvalue weighted by Gasteiger charge is 1.91. The predicted octanol–water partition coefficient (Wildman–Crippen LogP) is 1.31. The van der Waals surface area contributed by atoms with Crippen LogP contribution in [0.2, 0.25) is 0 Å². The first kappa shape index (κ1) is 7.51. The summed E-state index contributed by atoms with van der Waals surface area (Å²) in [4.78, 5) is 3.98. The molecule has 0 aliphatic carbocycles. The van der Waals surface area contributed by atoms with E-state index in [4.69, 9.17) is 16.7 Å². The van der Waals surface area contributed by atoms with Gasteiger partial charge in [-0.3, -0.25) is 4.98 Å². The van der Waals surface area contributed by atoms with Gasteiger partial charge in [-0.15, -0.1) is 11.6 Å². The van der Waals surface area contributed by atoms with Crippen LogP contribution < -0.4 is 0 Å². The molecular weight excluding hydrogens is 150 g/mol. The van der Waals surface area contributed by atoms with Crippen molar-refractivity contribution in [2.24, 2.45) is 0 Å². The molecular formula is C7H8ClNO. The van der Waals surface area contributed by atoms with Crippen molar-refractivity contribution in [1.82, 2.24) is 4.98 Å². The fourth-order valence-corrected chi connectivity index (χ4v) is 0.786. The number of alkyl halides is 1. The van der Waals surface area contributed by atoms with E-state index in [-0.39, 0.29) is 6.61 Å². The maximum atomic E-state index is 8.63. The molecule has 54 valence electrons. The van der Waals surface area contributed by atoms with Crippen LogP contribution in [-0.2, 0) is 12.5 Å². The normalized spacial score (nSPS) is 9.80. The number of aliphatic hydroxyl groups is 1. The van der Waals surface area contributed by atoms with Crippen LogP contribution in [0.1, 0.15) is 11.3 Å². The molecule has 0 atom stereocenters. The standard InChI is InChI=1S/C7H8ClNO/c8-3-7-2-1-6(5-10)4-9-7/h1-2,4,10H,3,5H2. The highest BCUT2D eigenvalue weighted by atomic mass is 35.5. The van der Waals surface area contributed by atoms with Crippen LogP contribution in [0, 0.1) is 0 Å². The lowest BCUT2D eigenvalue weighted by Gasteiger charge is -1.95. The van der Waals surface area contributed by atoms with E-state index in [1.165, 1.54) is 0 Å². The van der Waals surface area contributed by atoms with Gasteiger partial charge in [-0.2, -0.15) is 0 Å². The van der Waals surface area contributed by atoms with Crippen molar-refractivity contribution in [1.29, 1.82) is 0 Å². The van der Waals surface area contributed by atoms with Gasteiger partial charge in [0.1, 0.15) is 0 Å². The Morgan fingerprint density at radius 2 is 2.30 bits per heavy atom. The minimum Gasteiger partial charge on any atom is -0.392 e. The molecule has 0 fully saturated rings. The number of hydrogen-bond donors (Lipinski definition) is 1. The van der Waals surface area contributed by atoms with Gasteiger partial charge in [0.25, 0.3) is 0 Å². The van der Waals surface area contributed by atoms with Crippen molar-refractivity contribution in [3.8, 4) is 0 Å². The average molecular weight is 158 g/mol. The Kier molecular flexibility index (Phi) is 2.66. The van der Waals surface area contributed by atoms with E-state index in [0.29, 0.717) is 5.88 Å². The Morgan fingerprint density at radius 3 is 2.70 bits per heavy atom. The van der Waals surface area contributed by atoms with Crippen LogP contribution in [0.4, 0.5) is 0 Å². The number of aromatic nitrogens is 1. The Hall–Kier alpha value is -0.600. The van der Waals surface area contributed by atoms with Crippen LogP contribution in [-0.4, -0.2) is 10.1 Å². The summed E-state index contributed by atoms with van der Waals surface area (Å²) in [5.74, 6) is 0.422. The second kappa shape index (κ2) is 3.54. The summed E-state index contributed by atoms with van der Waals surface area (Å²) < 4.78 is 0. The Balaban J connectivity index is 2.80. The number of nitrogens with zero attached hydrogens (tertiary/aromatic N) is 1. The number of halogens is 1. The Bertz CT molecular complexity index is 174. The van der Waals surface area contributed by atoms with Gasteiger partial charge < -0.3 is 5.11 Å². The zero-order valence-corrected chi connectivity index (χ0v) is 6.17. The first-order valence-corrected chi connectivity index (χ1v) is 3.51. The second-order valence-electron chi connectivity index (χ2n) is 1.95. The lowest BCUT2D eigenvalue weighted by atomic mass is 10.3. The van der Waals surface area contributed by atoms with E-state index in [1.54, 1.807) is 12.3 Å². The van der Waals surface area contributed by atoms with Gasteiger partial charge in [-0.25, -0.2) is 0 Å². The zero-order valence-electron chi connectivity index (χ0n) is 5.42. The van der Waals surface area contributed by atoms with Crippen molar-refractivity contribution in [3.63, 3.8) is 0 Å². The number of pyridine rings is 1. The smallest absolute Gasteiger partial charge is 0.0696 e. The van der Waals surface area contributed by atoms with Crippen LogP contribution in [0.25, 0.3) is 0 Å². The van der Waals surface area contributed by atoms with Crippen LogP contribution >= 0.6 is 11.6 Å². The molecule has 1 N–H and O–H groups in total. The summed E-state index contributed by atoms with van der Waals surface area (Å²) in [6, 6.07) is 3.61. The van der Waals surface area contributed by atoms with E-state index in [0.717, 1.165) is 11.3 Å². The first-order valence-electron chi connectivity index (χ1n) is 2.97. The van der Waals surface area contributed by atoms with Gasteiger partial charge in [0.2, 0.25) is 0 Å². The summed E-state index contributed by atoms with van der Waals surface area (Å²) in [7, 11) is 0. The van der Waals surface area contributed by atoms with Gasteiger partial charge in [0.15, 0.2) is 0 Å². The van der Waals surface area contributed by atoms with Crippen molar-refractivity contribution in [3.05, 3.63) is 29.6 Å². The summed E-state index contributed by atoms with van der Waals surface area (Å²) in [6.45, 7) is 0.0373. The average Bonchev–Trinajstić information content (AvgIpc) is 2.05. The highest BCUT2D eigenvalue weighted by molar-refractivity contribution is 6.16. The zero-order chi connectivity index (χ0) is 7.40. The van der Waals surface area contributed by atoms with Crippen LogP contribution in [0.15, 0.2) is 18.3 Å². The highest BCUT2D eigenvalue weighted by Crippen LogP contribution is 2.01.